The van der Waals surface area contributed by atoms with Gasteiger partial charge in [-0.1, -0.05) is 42.5 Å². The quantitative estimate of drug-likeness (QED) is 0.213. The summed E-state index contributed by atoms with van der Waals surface area (Å²) in [4.78, 5) is 38.2. The molecular weight excluding hydrogens is 412 g/mol. The van der Waals surface area contributed by atoms with E-state index in [1.807, 2.05) is 0 Å². The van der Waals surface area contributed by atoms with E-state index < -0.39 is 22.7 Å². The third-order valence-corrected chi connectivity index (χ3v) is 5.24. The molecule has 1 unspecified atom stereocenters. The number of methoxy groups -OCH3 is 1. The van der Waals surface area contributed by atoms with Crippen molar-refractivity contribution in [1.82, 2.24) is 0 Å². The molecule has 32 heavy (non-hydrogen) atoms. The topological polar surface area (TPSA) is 110 Å². The molecule has 1 heterocycles. The van der Waals surface area contributed by atoms with Crippen molar-refractivity contribution in [3.63, 3.8) is 0 Å². The summed E-state index contributed by atoms with van der Waals surface area (Å²) in [5.74, 6) is -1.51. The summed E-state index contributed by atoms with van der Waals surface area (Å²) >= 11 is 0. The molecule has 1 amide bonds. The predicted molar refractivity (Wildman–Crippen MR) is 117 cm³/mol. The first-order valence-corrected chi connectivity index (χ1v) is 9.67. The van der Waals surface area contributed by atoms with Crippen molar-refractivity contribution in [2.45, 2.75) is 6.04 Å². The zero-order valence-electron chi connectivity index (χ0n) is 17.0. The third-order valence-electron chi connectivity index (χ3n) is 5.24. The number of Topliss-reactive ketones (excluding diaryl/α,β-unsaturated/α-hetero) is 1. The molecule has 0 radical (unpaired) electrons. The molecule has 0 aromatic heterocycles. The number of benzene rings is 3. The Morgan fingerprint density at radius 3 is 2.31 bits per heavy atom. The number of ether oxygens (including phenoxy) is 1. The van der Waals surface area contributed by atoms with Crippen molar-refractivity contribution in [3.05, 3.63) is 106 Å². The molecule has 0 aliphatic carbocycles. The average Bonchev–Trinajstić information content (AvgIpc) is 3.09. The Kier molecular flexibility index (Phi) is 5.43. The predicted octanol–water partition coefficient (Wildman–Crippen LogP) is 4.23. The van der Waals surface area contributed by atoms with Gasteiger partial charge in [0.25, 0.3) is 17.4 Å². The number of nitro groups is 1. The Balaban J connectivity index is 1.95. The number of amides is 1. The van der Waals surface area contributed by atoms with Crippen molar-refractivity contribution in [2.75, 3.05) is 12.0 Å². The molecule has 1 saturated heterocycles. The molecule has 0 spiro atoms. The van der Waals surface area contributed by atoms with Crippen molar-refractivity contribution < 1.29 is 24.4 Å². The SMILES string of the molecule is COc1ccc(N2C(=O)C(=O)/C(=C(/O)c3ccccc3)C2c2cccc([N+](=O)[O-])c2)cc1. The highest BCUT2D eigenvalue weighted by atomic mass is 16.6. The summed E-state index contributed by atoms with van der Waals surface area (Å²) in [7, 11) is 1.50. The Hall–Kier alpha value is -4.46. The van der Waals surface area contributed by atoms with Gasteiger partial charge in [-0.2, -0.15) is 0 Å². The van der Waals surface area contributed by atoms with Gasteiger partial charge in [0, 0.05) is 23.4 Å². The van der Waals surface area contributed by atoms with Gasteiger partial charge < -0.3 is 9.84 Å². The minimum Gasteiger partial charge on any atom is -0.507 e. The summed E-state index contributed by atoms with van der Waals surface area (Å²) < 4.78 is 5.16. The van der Waals surface area contributed by atoms with Crippen LogP contribution in [0.3, 0.4) is 0 Å². The van der Waals surface area contributed by atoms with Crippen LogP contribution in [0, 0.1) is 10.1 Å². The number of anilines is 1. The maximum atomic E-state index is 13.1. The summed E-state index contributed by atoms with van der Waals surface area (Å²) in [6, 6.07) is 19.5. The Morgan fingerprint density at radius 1 is 1.00 bits per heavy atom. The molecular formula is C24H18N2O6. The van der Waals surface area contributed by atoms with Crippen LogP contribution in [0.15, 0.2) is 84.4 Å². The van der Waals surface area contributed by atoms with E-state index in [9.17, 15) is 24.8 Å². The van der Waals surface area contributed by atoms with Crippen molar-refractivity contribution >= 4 is 28.8 Å². The lowest BCUT2D eigenvalue weighted by molar-refractivity contribution is -0.384. The number of non-ortho nitro benzene ring substituents is 1. The molecule has 8 nitrogen and oxygen atoms in total. The van der Waals surface area contributed by atoms with Gasteiger partial charge in [-0.05, 0) is 29.8 Å². The fourth-order valence-corrected chi connectivity index (χ4v) is 3.72. The molecule has 1 N–H and O–H groups in total. The summed E-state index contributed by atoms with van der Waals surface area (Å²) in [5.41, 5.74) is 0.735. The number of aliphatic hydroxyl groups excluding tert-OH is 1. The minimum absolute atomic E-state index is 0.141. The zero-order valence-corrected chi connectivity index (χ0v) is 17.0. The normalized spacial score (nSPS) is 17.4. The number of ketones is 1. The van der Waals surface area contributed by atoms with Crippen LogP contribution < -0.4 is 9.64 Å². The first-order valence-electron chi connectivity index (χ1n) is 9.67. The van der Waals surface area contributed by atoms with E-state index in [1.165, 1.54) is 30.2 Å². The number of nitro benzene ring substituents is 1. The summed E-state index contributed by atoms with van der Waals surface area (Å²) in [6.07, 6.45) is 0. The van der Waals surface area contributed by atoms with Crippen molar-refractivity contribution in [2.24, 2.45) is 0 Å². The smallest absolute Gasteiger partial charge is 0.300 e. The molecule has 1 fully saturated rings. The first-order chi connectivity index (χ1) is 15.4. The number of carbonyl (C=O) groups excluding carboxylic acids is 2. The van der Waals surface area contributed by atoms with Gasteiger partial charge in [0.15, 0.2) is 0 Å². The van der Waals surface area contributed by atoms with Crippen LogP contribution in [-0.2, 0) is 9.59 Å². The van der Waals surface area contributed by atoms with Crippen LogP contribution in [0.4, 0.5) is 11.4 Å². The van der Waals surface area contributed by atoms with Gasteiger partial charge in [-0.3, -0.25) is 24.6 Å². The zero-order chi connectivity index (χ0) is 22.8. The van der Waals surface area contributed by atoms with Gasteiger partial charge in [0.1, 0.15) is 11.5 Å². The van der Waals surface area contributed by atoms with E-state index in [0.29, 0.717) is 22.6 Å². The van der Waals surface area contributed by atoms with E-state index in [1.54, 1.807) is 60.7 Å². The summed E-state index contributed by atoms with van der Waals surface area (Å²) in [6.45, 7) is 0. The van der Waals surface area contributed by atoms with E-state index in [2.05, 4.69) is 0 Å². The Bertz CT molecular complexity index is 1230. The van der Waals surface area contributed by atoms with E-state index in [-0.39, 0.29) is 17.0 Å². The summed E-state index contributed by atoms with van der Waals surface area (Å²) in [5, 5.41) is 22.3. The molecule has 1 aliphatic rings. The van der Waals surface area contributed by atoms with Crippen LogP contribution >= 0.6 is 0 Å². The molecule has 0 bridgehead atoms. The van der Waals surface area contributed by atoms with Gasteiger partial charge >= 0.3 is 0 Å². The molecule has 3 aromatic carbocycles. The maximum Gasteiger partial charge on any atom is 0.300 e. The van der Waals surface area contributed by atoms with Crippen LogP contribution in [0.25, 0.3) is 5.76 Å². The van der Waals surface area contributed by atoms with Crippen LogP contribution in [0.1, 0.15) is 17.2 Å². The second-order valence-corrected chi connectivity index (χ2v) is 7.09. The van der Waals surface area contributed by atoms with Crippen molar-refractivity contribution in [1.29, 1.82) is 0 Å². The number of rotatable bonds is 5. The molecule has 0 saturated carbocycles. The molecule has 1 atom stereocenters. The third kappa shape index (κ3) is 3.58. The molecule has 8 heteroatoms. The number of hydrogen-bond acceptors (Lipinski definition) is 6. The highest BCUT2D eigenvalue weighted by Gasteiger charge is 2.47. The Labute approximate surface area is 183 Å². The lowest BCUT2D eigenvalue weighted by atomic mass is 9.95. The largest absolute Gasteiger partial charge is 0.507 e. The number of carbonyl (C=O) groups is 2. The average molecular weight is 430 g/mol. The van der Waals surface area contributed by atoms with Crippen LogP contribution in [0.5, 0.6) is 5.75 Å². The van der Waals surface area contributed by atoms with E-state index >= 15 is 0 Å². The second-order valence-electron chi connectivity index (χ2n) is 7.09. The highest BCUT2D eigenvalue weighted by Crippen LogP contribution is 2.43. The van der Waals surface area contributed by atoms with E-state index in [0.717, 1.165) is 0 Å². The highest BCUT2D eigenvalue weighted by molar-refractivity contribution is 6.51. The second kappa shape index (κ2) is 8.35. The standard InChI is InChI=1S/C24H18N2O6/c1-32-19-12-10-17(11-13-19)25-21(16-8-5-9-18(14-16)26(30)31)20(23(28)24(25)29)22(27)15-6-3-2-4-7-15/h2-14,21,27H,1H3/b22-20+. The number of aliphatic hydroxyl groups is 1. The minimum atomic E-state index is -1.05. The molecule has 4 rings (SSSR count). The van der Waals surface area contributed by atoms with E-state index in [4.69, 9.17) is 4.74 Å². The van der Waals surface area contributed by atoms with Gasteiger partial charge in [-0.15, -0.1) is 0 Å². The lowest BCUT2D eigenvalue weighted by Gasteiger charge is -2.25. The van der Waals surface area contributed by atoms with Gasteiger partial charge in [0.05, 0.1) is 23.6 Å². The fourth-order valence-electron chi connectivity index (χ4n) is 3.72. The van der Waals surface area contributed by atoms with Crippen molar-refractivity contribution in [3.8, 4) is 5.75 Å². The first kappa shape index (κ1) is 20.8. The molecule has 1 aliphatic heterocycles. The Morgan fingerprint density at radius 2 is 1.69 bits per heavy atom. The molecule has 3 aromatic rings. The number of nitrogens with zero attached hydrogens (tertiary/aromatic N) is 2. The number of hydrogen-bond donors (Lipinski definition) is 1. The lowest BCUT2D eigenvalue weighted by Crippen LogP contribution is -2.29. The van der Waals surface area contributed by atoms with Crippen LogP contribution in [-0.4, -0.2) is 28.8 Å². The van der Waals surface area contributed by atoms with Gasteiger partial charge in [-0.25, -0.2) is 0 Å². The van der Waals surface area contributed by atoms with Gasteiger partial charge in [0.2, 0.25) is 0 Å². The fraction of sp³-hybridized carbons (Fsp3) is 0.0833. The maximum absolute atomic E-state index is 13.1. The van der Waals surface area contributed by atoms with Crippen LogP contribution in [0.2, 0.25) is 0 Å². The molecule has 160 valence electrons. The monoisotopic (exact) mass is 430 g/mol.